The predicted octanol–water partition coefficient (Wildman–Crippen LogP) is 5.50. The zero-order valence-corrected chi connectivity index (χ0v) is 13.4. The molecule has 1 aliphatic heterocycles. The molecule has 0 bridgehead atoms. The summed E-state index contributed by atoms with van der Waals surface area (Å²) in [6.45, 7) is 2.67. The number of benzene rings is 1. The van der Waals surface area contributed by atoms with Gasteiger partial charge in [0, 0.05) is 6.42 Å². The first-order valence-electron chi connectivity index (χ1n) is 7.63. The SMILES string of the molecule is CCCCCSc1c(OC2CCCO2)cccc1C(F)(F)F. The standard InChI is InChI=1S/C16H21F3O2S/c1-2-3-4-11-22-15-12(16(17,18)19)7-5-8-13(15)21-14-9-6-10-20-14/h5,7-8,14H,2-4,6,9-11H2,1H3. The van der Waals surface area contributed by atoms with E-state index in [0.29, 0.717) is 12.4 Å². The zero-order valence-electron chi connectivity index (χ0n) is 12.6. The summed E-state index contributed by atoms with van der Waals surface area (Å²) in [6.07, 6.45) is -0.253. The first kappa shape index (κ1) is 17.5. The molecule has 1 heterocycles. The molecular weight excluding hydrogens is 313 g/mol. The van der Waals surface area contributed by atoms with Gasteiger partial charge in [-0.1, -0.05) is 25.8 Å². The van der Waals surface area contributed by atoms with Crippen molar-refractivity contribution in [2.45, 2.75) is 56.4 Å². The quantitative estimate of drug-likeness (QED) is 0.484. The molecule has 0 spiro atoms. The number of hydrogen-bond donors (Lipinski definition) is 0. The average Bonchev–Trinajstić information content (AvgIpc) is 2.96. The van der Waals surface area contributed by atoms with Crippen molar-refractivity contribution in [3.63, 3.8) is 0 Å². The van der Waals surface area contributed by atoms with Gasteiger partial charge in [0.05, 0.1) is 17.1 Å². The predicted molar refractivity (Wildman–Crippen MR) is 81.3 cm³/mol. The third kappa shape index (κ3) is 4.81. The minimum Gasteiger partial charge on any atom is -0.464 e. The van der Waals surface area contributed by atoms with Crippen LogP contribution in [0.2, 0.25) is 0 Å². The van der Waals surface area contributed by atoms with Gasteiger partial charge in [0.25, 0.3) is 0 Å². The number of rotatable bonds is 7. The molecule has 0 N–H and O–H groups in total. The van der Waals surface area contributed by atoms with Gasteiger partial charge >= 0.3 is 6.18 Å². The van der Waals surface area contributed by atoms with Crippen LogP contribution < -0.4 is 4.74 Å². The summed E-state index contributed by atoms with van der Waals surface area (Å²) in [5, 5.41) is 0. The van der Waals surface area contributed by atoms with E-state index in [9.17, 15) is 13.2 Å². The molecule has 1 aliphatic rings. The lowest BCUT2D eigenvalue weighted by Gasteiger charge is -2.19. The molecule has 2 rings (SSSR count). The highest BCUT2D eigenvalue weighted by Gasteiger charge is 2.35. The van der Waals surface area contributed by atoms with Crippen molar-refractivity contribution in [2.75, 3.05) is 12.4 Å². The second-order valence-corrected chi connectivity index (χ2v) is 6.35. The van der Waals surface area contributed by atoms with Crippen LogP contribution in [0.4, 0.5) is 13.2 Å². The molecule has 0 saturated carbocycles. The zero-order chi connectivity index (χ0) is 16.0. The van der Waals surface area contributed by atoms with Crippen molar-refractivity contribution >= 4 is 11.8 Å². The summed E-state index contributed by atoms with van der Waals surface area (Å²) in [4.78, 5) is 0.182. The molecule has 124 valence electrons. The highest BCUT2D eigenvalue weighted by Crippen LogP contribution is 2.42. The van der Waals surface area contributed by atoms with Crippen molar-refractivity contribution in [3.8, 4) is 5.75 Å². The first-order chi connectivity index (χ1) is 10.5. The maximum atomic E-state index is 13.2. The second-order valence-electron chi connectivity index (χ2n) is 5.25. The van der Waals surface area contributed by atoms with E-state index in [-0.39, 0.29) is 10.6 Å². The summed E-state index contributed by atoms with van der Waals surface area (Å²) in [5.41, 5.74) is -0.621. The van der Waals surface area contributed by atoms with Crippen molar-refractivity contribution in [2.24, 2.45) is 0 Å². The lowest BCUT2D eigenvalue weighted by Crippen LogP contribution is -2.16. The maximum absolute atomic E-state index is 13.2. The van der Waals surface area contributed by atoms with Crippen LogP contribution in [0, 0.1) is 0 Å². The Kier molecular flexibility index (Phi) is 6.44. The third-order valence-corrected chi connectivity index (χ3v) is 4.63. The van der Waals surface area contributed by atoms with E-state index in [1.165, 1.54) is 17.8 Å². The Labute approximate surface area is 133 Å². The number of thioether (sulfide) groups is 1. The molecule has 0 radical (unpaired) electrons. The Bertz CT molecular complexity index is 471. The van der Waals surface area contributed by atoms with Crippen LogP contribution in [0.15, 0.2) is 23.1 Å². The van der Waals surface area contributed by atoms with Crippen LogP contribution in [0.3, 0.4) is 0 Å². The van der Waals surface area contributed by atoms with Crippen molar-refractivity contribution < 1.29 is 22.6 Å². The van der Waals surface area contributed by atoms with E-state index in [1.807, 2.05) is 0 Å². The minimum absolute atomic E-state index is 0.182. The van der Waals surface area contributed by atoms with Gasteiger partial charge in [0.1, 0.15) is 5.75 Å². The smallest absolute Gasteiger partial charge is 0.417 e. The van der Waals surface area contributed by atoms with E-state index in [4.69, 9.17) is 9.47 Å². The Hall–Kier alpha value is -0.880. The number of unbranched alkanes of at least 4 members (excludes halogenated alkanes) is 2. The van der Waals surface area contributed by atoms with Gasteiger partial charge in [-0.25, -0.2) is 0 Å². The fraction of sp³-hybridized carbons (Fsp3) is 0.625. The highest BCUT2D eigenvalue weighted by molar-refractivity contribution is 7.99. The molecule has 0 aliphatic carbocycles. The van der Waals surface area contributed by atoms with E-state index >= 15 is 0 Å². The molecule has 0 amide bonds. The second kappa shape index (κ2) is 8.11. The molecule has 1 saturated heterocycles. The number of hydrogen-bond acceptors (Lipinski definition) is 3. The number of alkyl halides is 3. The molecular formula is C16H21F3O2S. The van der Waals surface area contributed by atoms with Gasteiger partial charge in [-0.15, -0.1) is 11.8 Å². The van der Waals surface area contributed by atoms with E-state index in [2.05, 4.69) is 6.92 Å². The molecule has 2 nitrogen and oxygen atoms in total. The van der Waals surface area contributed by atoms with Gasteiger partial charge in [-0.3, -0.25) is 0 Å². The Morgan fingerprint density at radius 1 is 1.32 bits per heavy atom. The average molecular weight is 334 g/mol. The Morgan fingerprint density at radius 3 is 2.77 bits per heavy atom. The van der Waals surface area contributed by atoms with Crippen LogP contribution in [0.5, 0.6) is 5.75 Å². The first-order valence-corrected chi connectivity index (χ1v) is 8.62. The van der Waals surface area contributed by atoms with Gasteiger partial charge in [0.15, 0.2) is 6.29 Å². The van der Waals surface area contributed by atoms with Crippen LogP contribution >= 0.6 is 11.8 Å². The van der Waals surface area contributed by atoms with E-state index in [0.717, 1.165) is 38.2 Å². The van der Waals surface area contributed by atoms with Crippen molar-refractivity contribution in [1.82, 2.24) is 0 Å². The van der Waals surface area contributed by atoms with Crippen LogP contribution in [-0.4, -0.2) is 18.6 Å². The molecule has 1 atom stereocenters. The molecule has 1 aromatic rings. The monoisotopic (exact) mass is 334 g/mol. The minimum atomic E-state index is -4.37. The summed E-state index contributed by atoms with van der Waals surface area (Å²) in [6, 6.07) is 4.10. The molecule has 1 fully saturated rings. The molecule has 6 heteroatoms. The van der Waals surface area contributed by atoms with Gasteiger partial charge in [-0.2, -0.15) is 13.2 Å². The summed E-state index contributed by atoms with van der Waals surface area (Å²) >= 11 is 1.22. The summed E-state index contributed by atoms with van der Waals surface area (Å²) in [7, 11) is 0. The molecule has 1 unspecified atom stereocenters. The third-order valence-electron chi connectivity index (χ3n) is 3.42. The van der Waals surface area contributed by atoms with Crippen molar-refractivity contribution in [3.05, 3.63) is 23.8 Å². The number of halogens is 3. The van der Waals surface area contributed by atoms with Crippen LogP contribution in [-0.2, 0) is 10.9 Å². The van der Waals surface area contributed by atoms with Gasteiger partial charge < -0.3 is 9.47 Å². The van der Waals surface area contributed by atoms with E-state index < -0.39 is 18.0 Å². The van der Waals surface area contributed by atoms with Crippen molar-refractivity contribution in [1.29, 1.82) is 0 Å². The summed E-state index contributed by atoms with van der Waals surface area (Å²) < 4.78 is 50.7. The number of ether oxygens (including phenoxy) is 2. The Balaban J connectivity index is 2.18. The maximum Gasteiger partial charge on any atom is 0.417 e. The normalized spacial score (nSPS) is 18.6. The Morgan fingerprint density at radius 2 is 2.14 bits per heavy atom. The van der Waals surface area contributed by atoms with Crippen LogP contribution in [0.25, 0.3) is 0 Å². The van der Waals surface area contributed by atoms with Crippen LogP contribution in [0.1, 0.15) is 44.6 Å². The molecule has 22 heavy (non-hydrogen) atoms. The van der Waals surface area contributed by atoms with Gasteiger partial charge in [0.2, 0.25) is 0 Å². The highest BCUT2D eigenvalue weighted by atomic mass is 32.2. The summed E-state index contributed by atoms with van der Waals surface area (Å²) in [5.74, 6) is 0.936. The largest absolute Gasteiger partial charge is 0.464 e. The lowest BCUT2D eigenvalue weighted by atomic mass is 10.2. The lowest BCUT2D eigenvalue weighted by molar-refractivity contribution is -0.140. The fourth-order valence-electron chi connectivity index (χ4n) is 2.29. The molecule has 1 aromatic carbocycles. The topological polar surface area (TPSA) is 18.5 Å². The van der Waals surface area contributed by atoms with E-state index in [1.54, 1.807) is 6.07 Å². The molecule has 0 aromatic heterocycles. The van der Waals surface area contributed by atoms with Gasteiger partial charge in [-0.05, 0) is 30.7 Å². The fourth-order valence-corrected chi connectivity index (χ4v) is 3.44.